The molecule has 0 bridgehead atoms. The maximum absolute atomic E-state index is 12.1. The number of nitrogens with one attached hydrogen (secondary N) is 2. The first kappa shape index (κ1) is 17.5. The largest absolute Gasteiger partial charge is 0.441 e. The molecule has 0 aliphatic carbocycles. The third-order valence-electron chi connectivity index (χ3n) is 4.85. The van der Waals surface area contributed by atoms with Crippen LogP contribution >= 0.6 is 0 Å². The first-order valence-corrected chi connectivity index (χ1v) is 9.27. The zero-order valence-corrected chi connectivity index (χ0v) is 15.4. The Morgan fingerprint density at radius 1 is 1.15 bits per heavy atom. The summed E-state index contributed by atoms with van der Waals surface area (Å²) in [7, 11) is 0. The zero-order valence-electron chi connectivity index (χ0n) is 15.4. The van der Waals surface area contributed by atoms with E-state index in [1.54, 1.807) is 6.20 Å². The van der Waals surface area contributed by atoms with Crippen LogP contribution in [0.5, 0.6) is 0 Å². The van der Waals surface area contributed by atoms with Gasteiger partial charge in [0.05, 0.1) is 6.20 Å². The van der Waals surface area contributed by atoms with Gasteiger partial charge in [0.25, 0.3) is 0 Å². The molecule has 2 N–H and O–H groups in total. The summed E-state index contributed by atoms with van der Waals surface area (Å²) in [4.78, 5) is 16.4. The van der Waals surface area contributed by atoms with Crippen LogP contribution in [0.4, 0.5) is 0 Å². The molecule has 0 radical (unpaired) electrons. The van der Waals surface area contributed by atoms with Crippen molar-refractivity contribution in [3.05, 3.63) is 76.8 Å². The molecule has 138 valence electrons. The number of hydrogen-bond acceptors (Lipinski definition) is 4. The molecule has 0 saturated carbocycles. The molecule has 3 aromatic rings. The van der Waals surface area contributed by atoms with E-state index in [1.807, 2.05) is 31.2 Å². The van der Waals surface area contributed by atoms with Gasteiger partial charge in [-0.05, 0) is 23.6 Å². The van der Waals surface area contributed by atoms with Crippen molar-refractivity contribution in [3.8, 4) is 11.3 Å². The SMILES string of the molecule is Cc1ccc(-c2cnc(CCC(=O)NCc3ccc4c(c3)CNC4)o2)cc1. The molecule has 1 amide bonds. The fourth-order valence-corrected chi connectivity index (χ4v) is 3.24. The normalized spacial score (nSPS) is 12.8. The molecule has 1 aromatic heterocycles. The first-order chi connectivity index (χ1) is 13.2. The maximum Gasteiger partial charge on any atom is 0.220 e. The van der Waals surface area contributed by atoms with E-state index in [2.05, 4.69) is 33.8 Å². The van der Waals surface area contributed by atoms with E-state index in [9.17, 15) is 4.79 Å². The Balaban J connectivity index is 1.27. The van der Waals surface area contributed by atoms with E-state index in [4.69, 9.17) is 4.42 Å². The lowest BCUT2D eigenvalue weighted by Crippen LogP contribution is -2.23. The van der Waals surface area contributed by atoms with Gasteiger partial charge in [0.2, 0.25) is 5.91 Å². The minimum absolute atomic E-state index is 0.00343. The monoisotopic (exact) mass is 361 g/mol. The lowest BCUT2D eigenvalue weighted by atomic mass is 10.1. The molecule has 5 heteroatoms. The highest BCUT2D eigenvalue weighted by Crippen LogP contribution is 2.21. The van der Waals surface area contributed by atoms with Crippen molar-refractivity contribution in [2.75, 3.05) is 0 Å². The standard InChI is InChI=1S/C22H23N3O2/c1-15-2-5-17(6-3-15)20-14-25-22(27-20)9-8-21(26)24-11-16-4-7-18-12-23-13-19(18)10-16/h2-7,10,14,23H,8-9,11-13H2,1H3,(H,24,26). The molecule has 27 heavy (non-hydrogen) atoms. The number of oxazole rings is 1. The molecule has 2 heterocycles. The van der Waals surface area contributed by atoms with Crippen molar-refractivity contribution in [3.63, 3.8) is 0 Å². The molecule has 0 spiro atoms. The van der Waals surface area contributed by atoms with Crippen molar-refractivity contribution in [2.24, 2.45) is 0 Å². The van der Waals surface area contributed by atoms with Gasteiger partial charge in [-0.3, -0.25) is 4.79 Å². The minimum atomic E-state index is 0.00343. The second kappa shape index (κ2) is 7.76. The summed E-state index contributed by atoms with van der Waals surface area (Å²) in [6.45, 7) is 4.44. The van der Waals surface area contributed by atoms with Crippen LogP contribution in [0.25, 0.3) is 11.3 Å². The molecule has 1 aliphatic heterocycles. The number of rotatable bonds is 6. The summed E-state index contributed by atoms with van der Waals surface area (Å²) >= 11 is 0. The van der Waals surface area contributed by atoms with Crippen LogP contribution in [0, 0.1) is 6.92 Å². The average molecular weight is 361 g/mol. The summed E-state index contributed by atoms with van der Waals surface area (Å²) in [5.41, 5.74) is 6.00. The van der Waals surface area contributed by atoms with Gasteiger partial charge in [-0.1, -0.05) is 48.0 Å². The Hall–Kier alpha value is -2.92. The second-order valence-electron chi connectivity index (χ2n) is 6.97. The van der Waals surface area contributed by atoms with Crippen molar-refractivity contribution in [1.29, 1.82) is 0 Å². The lowest BCUT2D eigenvalue weighted by Gasteiger charge is -2.06. The predicted octanol–water partition coefficient (Wildman–Crippen LogP) is 3.50. The summed E-state index contributed by atoms with van der Waals surface area (Å²) in [6, 6.07) is 14.5. The molecule has 2 aromatic carbocycles. The van der Waals surface area contributed by atoms with Crippen molar-refractivity contribution < 1.29 is 9.21 Å². The van der Waals surface area contributed by atoms with E-state index in [0.29, 0.717) is 25.3 Å². The van der Waals surface area contributed by atoms with Gasteiger partial charge in [-0.2, -0.15) is 0 Å². The van der Waals surface area contributed by atoms with Gasteiger partial charge in [0, 0.05) is 38.0 Å². The van der Waals surface area contributed by atoms with E-state index >= 15 is 0 Å². The number of amides is 1. The summed E-state index contributed by atoms with van der Waals surface area (Å²) in [5.74, 6) is 1.32. The van der Waals surface area contributed by atoms with Gasteiger partial charge >= 0.3 is 0 Å². The number of carbonyl (C=O) groups excluding carboxylic acids is 1. The molecular formula is C22H23N3O2. The molecule has 0 unspecified atom stereocenters. The van der Waals surface area contributed by atoms with Gasteiger partial charge in [0.1, 0.15) is 0 Å². The molecular weight excluding hydrogens is 338 g/mol. The lowest BCUT2D eigenvalue weighted by molar-refractivity contribution is -0.121. The number of aryl methyl sites for hydroxylation is 2. The summed E-state index contributed by atoms with van der Waals surface area (Å²) in [5, 5.41) is 6.31. The maximum atomic E-state index is 12.1. The number of carbonyl (C=O) groups is 1. The number of aromatic nitrogens is 1. The highest BCUT2D eigenvalue weighted by atomic mass is 16.4. The molecule has 4 rings (SSSR count). The van der Waals surface area contributed by atoms with Crippen LogP contribution in [0.1, 0.15) is 34.6 Å². The van der Waals surface area contributed by atoms with E-state index in [1.165, 1.54) is 16.7 Å². The first-order valence-electron chi connectivity index (χ1n) is 9.27. The fourth-order valence-electron chi connectivity index (χ4n) is 3.24. The molecule has 5 nitrogen and oxygen atoms in total. The summed E-state index contributed by atoms with van der Waals surface area (Å²) < 4.78 is 5.78. The van der Waals surface area contributed by atoms with Gasteiger partial charge in [0.15, 0.2) is 11.7 Å². The highest BCUT2D eigenvalue weighted by molar-refractivity contribution is 5.76. The van der Waals surface area contributed by atoms with Gasteiger partial charge < -0.3 is 15.1 Å². The molecule has 0 atom stereocenters. The van der Waals surface area contributed by atoms with Crippen LogP contribution in [-0.2, 0) is 30.8 Å². The Morgan fingerprint density at radius 3 is 2.81 bits per heavy atom. The van der Waals surface area contributed by atoms with Crippen LogP contribution in [0.15, 0.2) is 53.1 Å². The Bertz CT molecular complexity index is 944. The number of benzene rings is 2. The third-order valence-corrected chi connectivity index (χ3v) is 4.85. The van der Waals surface area contributed by atoms with Crippen LogP contribution in [-0.4, -0.2) is 10.9 Å². The number of fused-ring (bicyclic) bond motifs is 1. The zero-order chi connectivity index (χ0) is 18.6. The van der Waals surface area contributed by atoms with Crippen molar-refractivity contribution in [2.45, 2.75) is 39.4 Å². The average Bonchev–Trinajstić information content (AvgIpc) is 3.34. The van der Waals surface area contributed by atoms with E-state index in [-0.39, 0.29) is 5.91 Å². The molecule has 0 saturated heterocycles. The number of hydrogen-bond donors (Lipinski definition) is 2. The smallest absolute Gasteiger partial charge is 0.220 e. The highest BCUT2D eigenvalue weighted by Gasteiger charge is 2.11. The number of nitrogens with zero attached hydrogens (tertiary/aromatic N) is 1. The topological polar surface area (TPSA) is 67.2 Å². The van der Waals surface area contributed by atoms with Crippen LogP contribution in [0.2, 0.25) is 0 Å². The van der Waals surface area contributed by atoms with Crippen molar-refractivity contribution >= 4 is 5.91 Å². The quantitative estimate of drug-likeness (QED) is 0.705. The van der Waals surface area contributed by atoms with Gasteiger partial charge in [-0.25, -0.2) is 4.98 Å². The van der Waals surface area contributed by atoms with Crippen molar-refractivity contribution in [1.82, 2.24) is 15.6 Å². The Labute approximate surface area is 158 Å². The van der Waals surface area contributed by atoms with Crippen LogP contribution < -0.4 is 10.6 Å². The Morgan fingerprint density at radius 2 is 1.96 bits per heavy atom. The third kappa shape index (κ3) is 4.26. The summed E-state index contributed by atoms with van der Waals surface area (Å²) in [6.07, 6.45) is 2.57. The fraction of sp³-hybridized carbons (Fsp3) is 0.273. The predicted molar refractivity (Wildman–Crippen MR) is 104 cm³/mol. The van der Waals surface area contributed by atoms with Gasteiger partial charge in [-0.15, -0.1) is 0 Å². The molecule has 0 fully saturated rings. The van der Waals surface area contributed by atoms with E-state index in [0.717, 1.165) is 30.0 Å². The van der Waals surface area contributed by atoms with E-state index < -0.39 is 0 Å². The second-order valence-corrected chi connectivity index (χ2v) is 6.97. The minimum Gasteiger partial charge on any atom is -0.441 e. The molecule has 1 aliphatic rings. The van der Waals surface area contributed by atoms with Crippen LogP contribution in [0.3, 0.4) is 0 Å². The Kier molecular flexibility index (Phi) is 5.03.